The van der Waals surface area contributed by atoms with Crippen LogP contribution in [0.4, 0.5) is 0 Å². The first kappa shape index (κ1) is 18.4. The van der Waals surface area contributed by atoms with Gasteiger partial charge in [-0.3, -0.25) is 4.99 Å². The summed E-state index contributed by atoms with van der Waals surface area (Å²) in [4.78, 5) is 6.88. The van der Waals surface area contributed by atoms with Crippen molar-refractivity contribution in [2.75, 3.05) is 7.05 Å². The highest BCUT2D eigenvalue weighted by molar-refractivity contribution is 14.0. The molecule has 21 heavy (non-hydrogen) atoms. The largest absolute Gasteiger partial charge is 0.352 e. The zero-order valence-electron chi connectivity index (χ0n) is 12.0. The molecular formula is C15H19BrIN3S. The van der Waals surface area contributed by atoms with Gasteiger partial charge in [-0.1, -0.05) is 28.1 Å². The van der Waals surface area contributed by atoms with Gasteiger partial charge < -0.3 is 10.6 Å². The molecule has 0 saturated heterocycles. The number of nitrogens with one attached hydrogen (secondary N) is 2. The van der Waals surface area contributed by atoms with Gasteiger partial charge in [0.15, 0.2) is 5.96 Å². The summed E-state index contributed by atoms with van der Waals surface area (Å²) in [6.45, 7) is 3.68. The smallest absolute Gasteiger partial charge is 0.191 e. The third-order valence-electron chi connectivity index (χ3n) is 2.82. The molecule has 0 spiro atoms. The van der Waals surface area contributed by atoms with Crippen LogP contribution in [0.25, 0.3) is 0 Å². The van der Waals surface area contributed by atoms with Crippen molar-refractivity contribution in [2.24, 2.45) is 4.99 Å². The van der Waals surface area contributed by atoms with E-state index in [2.05, 4.69) is 62.7 Å². The molecule has 2 rings (SSSR count). The first-order valence-corrected chi connectivity index (χ1v) is 8.02. The molecule has 0 aliphatic heterocycles. The van der Waals surface area contributed by atoms with Gasteiger partial charge in [-0.05, 0) is 36.8 Å². The SMILES string of the molecule is CN=C(NCc1ccc(Br)cc1)NCc1ccc(C)s1.I. The highest BCUT2D eigenvalue weighted by Gasteiger charge is 2.00. The van der Waals surface area contributed by atoms with E-state index in [4.69, 9.17) is 0 Å². The van der Waals surface area contributed by atoms with Crippen molar-refractivity contribution < 1.29 is 0 Å². The average Bonchev–Trinajstić information content (AvgIpc) is 2.87. The third-order valence-corrected chi connectivity index (χ3v) is 4.35. The van der Waals surface area contributed by atoms with Crippen LogP contribution in [0.5, 0.6) is 0 Å². The van der Waals surface area contributed by atoms with Crippen LogP contribution in [-0.4, -0.2) is 13.0 Å². The van der Waals surface area contributed by atoms with Crippen LogP contribution in [0.2, 0.25) is 0 Å². The highest BCUT2D eigenvalue weighted by atomic mass is 127. The highest BCUT2D eigenvalue weighted by Crippen LogP contribution is 2.14. The van der Waals surface area contributed by atoms with E-state index in [-0.39, 0.29) is 24.0 Å². The van der Waals surface area contributed by atoms with Gasteiger partial charge in [-0.2, -0.15) is 0 Å². The van der Waals surface area contributed by atoms with E-state index in [9.17, 15) is 0 Å². The molecular weight excluding hydrogens is 461 g/mol. The van der Waals surface area contributed by atoms with E-state index in [1.54, 1.807) is 18.4 Å². The van der Waals surface area contributed by atoms with Crippen LogP contribution < -0.4 is 10.6 Å². The third kappa shape index (κ3) is 6.36. The summed E-state index contributed by atoms with van der Waals surface area (Å²) in [5.74, 6) is 0.818. The summed E-state index contributed by atoms with van der Waals surface area (Å²) in [5.41, 5.74) is 1.23. The van der Waals surface area contributed by atoms with E-state index in [0.717, 1.165) is 23.5 Å². The zero-order valence-corrected chi connectivity index (χ0v) is 16.8. The molecule has 0 fully saturated rings. The van der Waals surface area contributed by atoms with E-state index in [0.29, 0.717) is 0 Å². The van der Waals surface area contributed by atoms with Gasteiger partial charge in [-0.15, -0.1) is 35.3 Å². The lowest BCUT2D eigenvalue weighted by atomic mass is 10.2. The van der Waals surface area contributed by atoms with Crippen LogP contribution in [0, 0.1) is 6.92 Å². The fraction of sp³-hybridized carbons (Fsp3) is 0.267. The normalized spacial score (nSPS) is 10.9. The number of guanidine groups is 1. The Morgan fingerprint density at radius 1 is 1.10 bits per heavy atom. The van der Waals surface area contributed by atoms with Gasteiger partial charge in [0.05, 0.1) is 6.54 Å². The fourth-order valence-electron chi connectivity index (χ4n) is 1.76. The summed E-state index contributed by atoms with van der Waals surface area (Å²) in [6, 6.07) is 12.6. The van der Waals surface area contributed by atoms with Crippen molar-refractivity contribution in [3.8, 4) is 0 Å². The molecule has 6 heteroatoms. The number of nitrogens with zero attached hydrogens (tertiary/aromatic N) is 1. The van der Waals surface area contributed by atoms with Gasteiger partial charge in [0.2, 0.25) is 0 Å². The number of thiophene rings is 1. The van der Waals surface area contributed by atoms with Crippen molar-refractivity contribution >= 4 is 57.2 Å². The van der Waals surface area contributed by atoms with Crippen molar-refractivity contribution in [1.29, 1.82) is 0 Å². The minimum Gasteiger partial charge on any atom is -0.352 e. The molecule has 0 aliphatic rings. The number of aryl methyl sites for hydroxylation is 1. The van der Waals surface area contributed by atoms with Crippen molar-refractivity contribution in [3.63, 3.8) is 0 Å². The molecule has 1 aromatic carbocycles. The van der Waals surface area contributed by atoms with E-state index in [1.807, 2.05) is 12.1 Å². The minimum atomic E-state index is 0. The maximum Gasteiger partial charge on any atom is 0.191 e. The monoisotopic (exact) mass is 479 g/mol. The predicted molar refractivity (Wildman–Crippen MR) is 106 cm³/mol. The first-order chi connectivity index (χ1) is 9.67. The summed E-state index contributed by atoms with van der Waals surface area (Å²) in [5, 5.41) is 6.63. The molecule has 114 valence electrons. The van der Waals surface area contributed by atoms with E-state index < -0.39 is 0 Å². The Balaban J connectivity index is 0.00000220. The maximum atomic E-state index is 4.23. The van der Waals surface area contributed by atoms with Gasteiger partial charge in [0.25, 0.3) is 0 Å². The Bertz CT molecular complexity index is 581. The summed E-state index contributed by atoms with van der Waals surface area (Å²) in [6.07, 6.45) is 0. The van der Waals surface area contributed by atoms with Crippen molar-refractivity contribution in [2.45, 2.75) is 20.0 Å². The molecule has 0 amide bonds. The minimum absolute atomic E-state index is 0. The second-order valence-corrected chi connectivity index (χ2v) is 6.71. The first-order valence-electron chi connectivity index (χ1n) is 6.41. The van der Waals surface area contributed by atoms with Gasteiger partial charge in [-0.25, -0.2) is 0 Å². The molecule has 0 saturated carbocycles. The number of hydrogen-bond donors (Lipinski definition) is 2. The average molecular weight is 480 g/mol. The molecule has 1 aromatic heterocycles. The summed E-state index contributed by atoms with van der Waals surface area (Å²) < 4.78 is 1.09. The van der Waals surface area contributed by atoms with Crippen LogP contribution in [-0.2, 0) is 13.1 Å². The molecule has 2 aromatic rings. The number of rotatable bonds is 4. The van der Waals surface area contributed by atoms with E-state index in [1.165, 1.54) is 15.3 Å². The lowest BCUT2D eigenvalue weighted by Gasteiger charge is -2.11. The fourth-order valence-corrected chi connectivity index (χ4v) is 2.85. The van der Waals surface area contributed by atoms with Crippen LogP contribution >= 0.6 is 51.2 Å². The van der Waals surface area contributed by atoms with Crippen LogP contribution in [0.15, 0.2) is 45.9 Å². The topological polar surface area (TPSA) is 36.4 Å². The molecule has 0 aliphatic carbocycles. The Kier molecular flexibility index (Phi) is 8.28. The lowest BCUT2D eigenvalue weighted by molar-refractivity contribution is 0.815. The van der Waals surface area contributed by atoms with Crippen molar-refractivity contribution in [1.82, 2.24) is 10.6 Å². The number of hydrogen-bond acceptors (Lipinski definition) is 2. The van der Waals surface area contributed by atoms with Crippen LogP contribution in [0.3, 0.4) is 0 Å². The second-order valence-electron chi connectivity index (χ2n) is 4.42. The quantitative estimate of drug-likeness (QED) is 0.389. The van der Waals surface area contributed by atoms with Crippen LogP contribution in [0.1, 0.15) is 15.3 Å². The zero-order chi connectivity index (χ0) is 14.4. The van der Waals surface area contributed by atoms with Gasteiger partial charge in [0, 0.05) is 27.8 Å². The maximum absolute atomic E-state index is 4.23. The molecule has 0 unspecified atom stereocenters. The molecule has 0 radical (unpaired) electrons. The van der Waals surface area contributed by atoms with Crippen molar-refractivity contribution in [3.05, 3.63) is 56.2 Å². The number of halogens is 2. The Hall–Kier alpha value is -0.600. The summed E-state index contributed by atoms with van der Waals surface area (Å²) >= 11 is 5.24. The standard InChI is InChI=1S/C15H18BrN3S.HI/c1-11-3-8-14(20-11)10-19-15(17-2)18-9-12-4-6-13(16)7-5-12;/h3-8H,9-10H2,1-2H3,(H2,17,18,19);1H. The Morgan fingerprint density at radius 3 is 2.33 bits per heavy atom. The molecule has 3 nitrogen and oxygen atoms in total. The Morgan fingerprint density at radius 2 is 1.76 bits per heavy atom. The van der Waals surface area contributed by atoms with Gasteiger partial charge in [0.1, 0.15) is 0 Å². The number of benzene rings is 1. The van der Waals surface area contributed by atoms with E-state index >= 15 is 0 Å². The lowest BCUT2D eigenvalue weighted by Crippen LogP contribution is -2.36. The molecule has 0 bridgehead atoms. The molecule has 1 heterocycles. The molecule has 0 atom stereocenters. The van der Waals surface area contributed by atoms with Gasteiger partial charge >= 0.3 is 0 Å². The molecule has 2 N–H and O–H groups in total. The Labute approximate surface area is 155 Å². The summed E-state index contributed by atoms with van der Waals surface area (Å²) in [7, 11) is 1.79. The number of aliphatic imine (C=N–C) groups is 1. The predicted octanol–water partition coefficient (Wildman–Crippen LogP) is 4.30. The second kappa shape index (κ2) is 9.42.